The molecule has 0 radical (unpaired) electrons. The van der Waals surface area contributed by atoms with E-state index in [1.54, 1.807) is 0 Å². The van der Waals surface area contributed by atoms with Crippen molar-refractivity contribution in [3.05, 3.63) is 133 Å². The fraction of sp³-hybridized carbons (Fsp3) is 0.103. The van der Waals surface area contributed by atoms with Crippen molar-refractivity contribution >= 4 is 56.8 Å². The quantitative estimate of drug-likeness (QED) is 0.200. The number of nitrogens with zero attached hydrogens (tertiary/aromatic N) is 3. The van der Waals surface area contributed by atoms with Crippen LogP contribution in [0.25, 0.3) is 32.9 Å². The van der Waals surface area contributed by atoms with Crippen molar-refractivity contribution in [1.29, 1.82) is 0 Å². The normalized spacial score (nSPS) is 13.2. The Hall–Kier alpha value is -5.29. The lowest BCUT2D eigenvalue weighted by Gasteiger charge is -2.39. The summed E-state index contributed by atoms with van der Waals surface area (Å²) < 4.78 is 8.89. The Kier molecular flexibility index (Phi) is 5.22. The van der Waals surface area contributed by atoms with Crippen molar-refractivity contribution < 1.29 is 4.74 Å². The number of hydrogen-bond acceptors (Lipinski definition) is 3. The molecule has 4 nitrogen and oxygen atoms in total. The van der Waals surface area contributed by atoms with E-state index in [4.69, 9.17) is 9.72 Å². The van der Waals surface area contributed by atoms with Crippen LogP contribution in [0.1, 0.15) is 26.3 Å². The largest absolute Gasteiger partial charge is 0.456 e. The number of hydrogen-bond donors (Lipinski definition) is 0. The lowest BCUT2D eigenvalue weighted by Crippen LogP contribution is -2.57. The molecule has 0 unspecified atom stereocenters. The molecule has 0 saturated heterocycles. The van der Waals surface area contributed by atoms with Crippen LogP contribution in [-0.2, 0) is 5.41 Å². The molecule has 0 fully saturated rings. The highest BCUT2D eigenvalue weighted by atomic mass is 16.5. The Balaban J connectivity index is 1.36. The molecule has 4 heterocycles. The molecule has 0 amide bonds. The predicted molar refractivity (Wildman–Crippen MR) is 183 cm³/mol. The van der Waals surface area contributed by atoms with Crippen LogP contribution in [0.3, 0.4) is 0 Å². The predicted octanol–water partition coefficient (Wildman–Crippen LogP) is 8.70. The average Bonchev–Trinajstić information content (AvgIpc) is 3.38. The summed E-state index contributed by atoms with van der Waals surface area (Å²) in [7, 11) is 0. The van der Waals surface area contributed by atoms with Crippen LogP contribution in [0.15, 0.2) is 128 Å². The van der Waals surface area contributed by atoms with Gasteiger partial charge in [0.05, 0.1) is 17.5 Å². The number of para-hydroxylation sites is 3. The Morgan fingerprint density at radius 2 is 1.41 bits per heavy atom. The Morgan fingerprint density at radius 1 is 0.659 bits per heavy atom. The van der Waals surface area contributed by atoms with E-state index >= 15 is 0 Å². The fourth-order valence-electron chi connectivity index (χ4n) is 7.21. The van der Waals surface area contributed by atoms with Crippen LogP contribution in [0.4, 0.5) is 17.1 Å². The van der Waals surface area contributed by atoms with E-state index in [0.717, 1.165) is 22.7 Å². The standard InChI is InChI=1S/C39H30BN3O/c1-39(2,3)25-20-21-33-32(22-25)31-18-10-17-30-29-16-11-19-34-36(29)40(43(33)37(30)31)38-35(42(34)26-12-6-4-7-13-26)23-28(24-41-38)44-27-14-8-5-9-15-27/h4-24H,1-3H3. The summed E-state index contributed by atoms with van der Waals surface area (Å²) >= 11 is 0. The topological polar surface area (TPSA) is 30.3 Å². The molecule has 2 aromatic heterocycles. The summed E-state index contributed by atoms with van der Waals surface area (Å²) in [5, 5.41) is 2.58. The van der Waals surface area contributed by atoms with Crippen molar-refractivity contribution in [1.82, 2.24) is 9.46 Å². The maximum Gasteiger partial charge on any atom is 0.353 e. The van der Waals surface area contributed by atoms with Gasteiger partial charge < -0.3 is 14.1 Å². The minimum atomic E-state index is -0.0858. The first-order valence-corrected chi connectivity index (χ1v) is 15.3. The van der Waals surface area contributed by atoms with E-state index in [1.807, 2.05) is 36.5 Å². The maximum absolute atomic E-state index is 6.34. The van der Waals surface area contributed by atoms with Crippen LogP contribution < -0.4 is 20.7 Å². The van der Waals surface area contributed by atoms with Gasteiger partial charge in [-0.05, 0) is 64.5 Å². The lowest BCUT2D eigenvalue weighted by atomic mass is 9.47. The highest BCUT2D eigenvalue weighted by Gasteiger charge is 2.43. The molecule has 5 aromatic carbocycles. The molecular weight excluding hydrogens is 537 g/mol. The van der Waals surface area contributed by atoms with Crippen LogP contribution in [0.2, 0.25) is 0 Å². The summed E-state index contributed by atoms with van der Waals surface area (Å²) in [6, 6.07) is 43.2. The first-order valence-electron chi connectivity index (χ1n) is 15.3. The second kappa shape index (κ2) is 9.11. The molecule has 2 aliphatic heterocycles. The zero-order valence-electron chi connectivity index (χ0n) is 25.0. The minimum absolute atomic E-state index is 0.0564. The molecule has 210 valence electrons. The highest BCUT2D eigenvalue weighted by Crippen LogP contribution is 2.45. The van der Waals surface area contributed by atoms with Gasteiger partial charge in [-0.2, -0.15) is 0 Å². The van der Waals surface area contributed by atoms with E-state index in [2.05, 4.69) is 121 Å². The third kappa shape index (κ3) is 3.56. The molecular formula is C39H30BN3O. The summed E-state index contributed by atoms with van der Waals surface area (Å²) in [5.41, 5.74) is 12.0. The average molecular weight is 568 g/mol. The fourth-order valence-corrected chi connectivity index (χ4v) is 7.21. The van der Waals surface area contributed by atoms with Gasteiger partial charge in [0.15, 0.2) is 0 Å². The molecule has 44 heavy (non-hydrogen) atoms. The van der Waals surface area contributed by atoms with Gasteiger partial charge in [-0.15, -0.1) is 0 Å². The minimum Gasteiger partial charge on any atom is -0.456 e. The zero-order valence-corrected chi connectivity index (χ0v) is 25.0. The molecule has 0 atom stereocenters. The molecule has 0 N–H and O–H groups in total. The van der Waals surface area contributed by atoms with E-state index in [-0.39, 0.29) is 12.3 Å². The second-order valence-electron chi connectivity index (χ2n) is 12.9. The number of pyridine rings is 1. The molecule has 2 aliphatic rings. The van der Waals surface area contributed by atoms with Crippen molar-refractivity contribution in [3.63, 3.8) is 0 Å². The number of fused-ring (bicyclic) bond motifs is 7. The van der Waals surface area contributed by atoms with Crippen LogP contribution >= 0.6 is 0 Å². The van der Waals surface area contributed by atoms with E-state index in [0.29, 0.717) is 5.75 Å². The summed E-state index contributed by atoms with van der Waals surface area (Å²) in [6.45, 7) is 6.77. The smallest absolute Gasteiger partial charge is 0.353 e. The van der Waals surface area contributed by atoms with Gasteiger partial charge >= 0.3 is 6.85 Å². The van der Waals surface area contributed by atoms with Crippen LogP contribution in [-0.4, -0.2) is 16.3 Å². The summed E-state index contributed by atoms with van der Waals surface area (Å²) in [5.74, 6) is 1.50. The third-order valence-electron chi connectivity index (χ3n) is 9.20. The number of anilines is 3. The Morgan fingerprint density at radius 3 is 2.20 bits per heavy atom. The number of ether oxygens (including phenoxy) is 1. The van der Waals surface area contributed by atoms with Crippen molar-refractivity contribution in [2.24, 2.45) is 0 Å². The SMILES string of the molecule is CC(C)(C)c1ccc2c(c1)c1cccc3c1n2B1c2ncc(Oc4ccccc4)cc2N(c2ccccc2)c2cccc-3c21. The molecule has 0 bridgehead atoms. The van der Waals surface area contributed by atoms with Gasteiger partial charge in [0.25, 0.3) is 0 Å². The van der Waals surface area contributed by atoms with E-state index in [9.17, 15) is 0 Å². The van der Waals surface area contributed by atoms with Gasteiger partial charge in [-0.3, -0.25) is 4.98 Å². The number of rotatable bonds is 3. The van der Waals surface area contributed by atoms with Gasteiger partial charge in [0, 0.05) is 44.8 Å². The molecule has 0 spiro atoms. The summed E-state index contributed by atoms with van der Waals surface area (Å²) in [6.07, 6.45) is 1.88. The number of aromatic nitrogens is 2. The Labute approximate surface area is 257 Å². The monoisotopic (exact) mass is 567 g/mol. The molecule has 0 saturated carbocycles. The van der Waals surface area contributed by atoms with Gasteiger partial charge in [0.1, 0.15) is 11.5 Å². The molecule has 0 aliphatic carbocycles. The van der Waals surface area contributed by atoms with Crippen molar-refractivity contribution in [2.75, 3.05) is 4.90 Å². The third-order valence-corrected chi connectivity index (χ3v) is 9.20. The number of benzene rings is 5. The first-order chi connectivity index (χ1) is 21.5. The van der Waals surface area contributed by atoms with Gasteiger partial charge in [-0.25, -0.2) is 0 Å². The maximum atomic E-state index is 6.34. The second-order valence-corrected chi connectivity index (χ2v) is 12.9. The van der Waals surface area contributed by atoms with Crippen LogP contribution in [0.5, 0.6) is 11.5 Å². The van der Waals surface area contributed by atoms with E-state index < -0.39 is 0 Å². The van der Waals surface area contributed by atoms with E-state index in [1.165, 1.54) is 49.6 Å². The van der Waals surface area contributed by atoms with Gasteiger partial charge in [0.2, 0.25) is 0 Å². The molecule has 7 aromatic rings. The van der Waals surface area contributed by atoms with Crippen molar-refractivity contribution in [3.8, 4) is 22.6 Å². The molecule has 5 heteroatoms. The highest BCUT2D eigenvalue weighted by molar-refractivity contribution is 6.89. The zero-order chi connectivity index (χ0) is 29.6. The van der Waals surface area contributed by atoms with Crippen LogP contribution in [0, 0.1) is 0 Å². The lowest BCUT2D eigenvalue weighted by molar-refractivity contribution is 0.481. The first kappa shape index (κ1) is 25.2. The Bertz CT molecular complexity index is 2250. The molecule has 9 rings (SSSR count). The van der Waals surface area contributed by atoms with Crippen molar-refractivity contribution in [2.45, 2.75) is 26.2 Å². The summed E-state index contributed by atoms with van der Waals surface area (Å²) in [4.78, 5) is 7.58. The van der Waals surface area contributed by atoms with Gasteiger partial charge in [-0.1, -0.05) is 93.6 Å².